The molecule has 1 rings (SSSR count). The summed E-state index contributed by atoms with van der Waals surface area (Å²) in [7, 11) is 0. The van der Waals surface area contributed by atoms with Crippen molar-refractivity contribution in [3.63, 3.8) is 0 Å². The average Bonchev–Trinajstić information content (AvgIpc) is 2.45. The Balaban J connectivity index is 2.48. The summed E-state index contributed by atoms with van der Waals surface area (Å²) in [6.07, 6.45) is -0.993. The quantitative estimate of drug-likeness (QED) is 0.400. The highest BCUT2D eigenvalue weighted by Crippen LogP contribution is 2.00. The predicted octanol–water partition coefficient (Wildman–Crippen LogP) is 0.718. The average molecular weight is 283 g/mol. The van der Waals surface area contributed by atoms with Crippen molar-refractivity contribution in [3.8, 4) is 0 Å². The molecule has 1 aromatic rings. The Bertz CT molecular complexity index is 490. The molecule has 108 valence electrons. The smallest absolute Gasteiger partial charge is 0.408 e. The minimum absolute atomic E-state index is 0.0372. The molecule has 20 heavy (non-hydrogen) atoms. The zero-order valence-corrected chi connectivity index (χ0v) is 10.3. The van der Waals surface area contributed by atoms with Gasteiger partial charge in [0.15, 0.2) is 11.3 Å². The SMILES string of the molecule is O=C(N[C@@H](C[N+]([O-])=NO)C(=O)O)OCc1ccccc1. The molecule has 0 aromatic heterocycles. The van der Waals surface area contributed by atoms with E-state index in [1.54, 1.807) is 30.3 Å². The molecule has 0 aliphatic rings. The number of amides is 1. The Morgan fingerprint density at radius 1 is 1.40 bits per heavy atom. The van der Waals surface area contributed by atoms with Crippen molar-refractivity contribution in [2.75, 3.05) is 6.54 Å². The lowest BCUT2D eigenvalue weighted by Crippen LogP contribution is -2.45. The number of hydroxylamine groups is 1. The standard InChI is InChI=1S/C11H13N3O6/c15-10(16)9(6-14(19)13-18)12-11(17)20-7-8-4-2-1-3-5-8/h1-5,9,18H,6-7H2,(H,12,17)(H,15,16)/t9-/m0/s1. The molecule has 1 aromatic carbocycles. The number of ether oxygens (including phenoxy) is 1. The first-order valence-corrected chi connectivity index (χ1v) is 5.52. The van der Waals surface area contributed by atoms with Crippen LogP contribution in [0.5, 0.6) is 0 Å². The maximum absolute atomic E-state index is 11.4. The van der Waals surface area contributed by atoms with Gasteiger partial charge >= 0.3 is 12.1 Å². The summed E-state index contributed by atoms with van der Waals surface area (Å²) >= 11 is 0. The first-order chi connectivity index (χ1) is 9.52. The maximum atomic E-state index is 11.4. The number of nitrogens with zero attached hydrogens (tertiary/aromatic N) is 2. The van der Waals surface area contributed by atoms with Crippen molar-refractivity contribution in [2.24, 2.45) is 5.28 Å². The molecule has 0 unspecified atom stereocenters. The van der Waals surface area contributed by atoms with Gasteiger partial charge in [0.25, 0.3) is 0 Å². The van der Waals surface area contributed by atoms with E-state index in [4.69, 9.17) is 15.1 Å². The molecule has 1 amide bonds. The van der Waals surface area contributed by atoms with Gasteiger partial charge in [-0.2, -0.15) is 0 Å². The largest absolute Gasteiger partial charge is 0.597 e. The van der Waals surface area contributed by atoms with E-state index >= 15 is 0 Å². The zero-order valence-electron chi connectivity index (χ0n) is 10.3. The second-order valence-electron chi connectivity index (χ2n) is 3.72. The molecule has 1 atom stereocenters. The van der Waals surface area contributed by atoms with Crippen LogP contribution in [0.25, 0.3) is 0 Å². The summed E-state index contributed by atoms with van der Waals surface area (Å²) in [4.78, 5) is 21.9. The van der Waals surface area contributed by atoms with Crippen LogP contribution in [0.4, 0.5) is 4.79 Å². The summed E-state index contributed by atoms with van der Waals surface area (Å²) in [5.41, 5.74) is 0.727. The van der Waals surface area contributed by atoms with Crippen LogP contribution in [0.1, 0.15) is 5.56 Å². The lowest BCUT2D eigenvalue weighted by molar-refractivity contribution is -0.556. The van der Waals surface area contributed by atoms with Gasteiger partial charge in [0, 0.05) is 0 Å². The number of hydrogen-bond donors (Lipinski definition) is 3. The van der Waals surface area contributed by atoms with Crippen molar-refractivity contribution >= 4 is 12.1 Å². The molecule has 0 spiro atoms. The molecule has 0 heterocycles. The third-order valence-corrected chi connectivity index (χ3v) is 2.24. The van der Waals surface area contributed by atoms with Gasteiger partial charge in [0.2, 0.25) is 6.54 Å². The fourth-order valence-corrected chi connectivity index (χ4v) is 1.29. The number of carboxylic acid groups (broad SMARTS) is 1. The predicted molar refractivity (Wildman–Crippen MR) is 63.9 cm³/mol. The molecule has 0 saturated heterocycles. The van der Waals surface area contributed by atoms with E-state index < -0.39 is 24.6 Å². The molecular formula is C11H13N3O6. The first kappa shape index (κ1) is 15.2. The summed E-state index contributed by atoms with van der Waals surface area (Å²) in [6, 6.07) is 7.22. The minimum atomic E-state index is -1.55. The highest BCUT2D eigenvalue weighted by Gasteiger charge is 2.25. The molecule has 3 N–H and O–H groups in total. The van der Waals surface area contributed by atoms with Crippen LogP contribution in [0.2, 0.25) is 0 Å². The fraction of sp³-hybridized carbons (Fsp3) is 0.273. The van der Waals surface area contributed by atoms with Crippen molar-refractivity contribution in [1.29, 1.82) is 0 Å². The monoisotopic (exact) mass is 283 g/mol. The van der Waals surface area contributed by atoms with Gasteiger partial charge < -0.3 is 25.6 Å². The molecule has 9 nitrogen and oxygen atoms in total. The molecule has 0 bridgehead atoms. The van der Waals surface area contributed by atoms with E-state index in [1.807, 2.05) is 5.32 Å². The van der Waals surface area contributed by atoms with E-state index in [0.717, 1.165) is 5.56 Å². The Morgan fingerprint density at radius 2 is 2.05 bits per heavy atom. The van der Waals surface area contributed by atoms with E-state index in [1.165, 1.54) is 0 Å². The topological polar surface area (TPSA) is 134 Å². The van der Waals surface area contributed by atoms with E-state index in [2.05, 4.69) is 5.28 Å². The summed E-state index contributed by atoms with van der Waals surface area (Å²) in [6.45, 7) is -0.781. The van der Waals surface area contributed by atoms with Crippen LogP contribution in [0.3, 0.4) is 0 Å². The number of carboxylic acids is 1. The van der Waals surface area contributed by atoms with Gasteiger partial charge in [-0.05, 0) is 5.56 Å². The Morgan fingerprint density at radius 3 is 2.60 bits per heavy atom. The van der Waals surface area contributed by atoms with Crippen LogP contribution >= 0.6 is 0 Å². The molecule has 9 heteroatoms. The van der Waals surface area contributed by atoms with Crippen LogP contribution in [0.15, 0.2) is 35.6 Å². The van der Waals surface area contributed by atoms with Gasteiger partial charge in [0.1, 0.15) is 6.61 Å². The number of rotatable bonds is 6. The third-order valence-electron chi connectivity index (χ3n) is 2.24. The summed E-state index contributed by atoms with van der Waals surface area (Å²) in [5, 5.41) is 31.9. The highest BCUT2D eigenvalue weighted by molar-refractivity contribution is 5.79. The second kappa shape index (κ2) is 7.56. The molecule has 0 radical (unpaired) electrons. The number of carbonyl (C=O) groups is 2. The van der Waals surface area contributed by atoms with Gasteiger partial charge in [-0.3, -0.25) is 0 Å². The molecule has 0 aliphatic carbocycles. The normalized spacial score (nSPS) is 12.5. The third kappa shape index (κ3) is 5.21. The number of nitrogens with one attached hydrogen (secondary N) is 1. The molecule has 0 fully saturated rings. The summed E-state index contributed by atoms with van der Waals surface area (Å²) < 4.78 is 4.80. The Kier molecular flexibility index (Phi) is 5.75. The van der Waals surface area contributed by atoms with Crippen LogP contribution in [-0.4, -0.2) is 39.8 Å². The van der Waals surface area contributed by atoms with E-state index in [-0.39, 0.29) is 11.5 Å². The van der Waals surface area contributed by atoms with Gasteiger partial charge in [-0.15, -0.1) is 0 Å². The van der Waals surface area contributed by atoms with Crippen LogP contribution in [0, 0.1) is 5.21 Å². The Labute approximate surface area is 113 Å². The van der Waals surface area contributed by atoms with E-state index in [0.29, 0.717) is 0 Å². The van der Waals surface area contributed by atoms with Crippen molar-refractivity contribution in [2.45, 2.75) is 12.6 Å². The number of aliphatic carboxylic acids is 1. The van der Waals surface area contributed by atoms with Crippen molar-refractivity contribution in [3.05, 3.63) is 41.1 Å². The molecule has 0 aliphatic heterocycles. The Hall–Kier alpha value is -2.84. The van der Waals surface area contributed by atoms with E-state index in [9.17, 15) is 14.8 Å². The van der Waals surface area contributed by atoms with Gasteiger partial charge in [-0.1, -0.05) is 35.2 Å². The lowest BCUT2D eigenvalue weighted by Gasteiger charge is -2.12. The van der Waals surface area contributed by atoms with Crippen molar-refractivity contribution in [1.82, 2.24) is 5.32 Å². The zero-order chi connectivity index (χ0) is 15.0. The number of alkyl carbamates (subject to hydrolysis) is 1. The van der Waals surface area contributed by atoms with Crippen LogP contribution in [-0.2, 0) is 16.1 Å². The second-order valence-corrected chi connectivity index (χ2v) is 3.72. The number of benzene rings is 1. The van der Waals surface area contributed by atoms with Crippen molar-refractivity contribution < 1.29 is 29.5 Å². The number of hydrogen-bond acceptors (Lipinski definition) is 5. The fourth-order valence-electron chi connectivity index (χ4n) is 1.29. The maximum Gasteiger partial charge on any atom is 0.408 e. The van der Waals surface area contributed by atoms with Crippen LogP contribution < -0.4 is 5.32 Å². The minimum Gasteiger partial charge on any atom is -0.597 e. The first-order valence-electron chi connectivity index (χ1n) is 5.52. The molecular weight excluding hydrogens is 270 g/mol. The lowest BCUT2D eigenvalue weighted by atomic mass is 10.2. The van der Waals surface area contributed by atoms with Gasteiger partial charge in [0.05, 0.1) is 0 Å². The summed E-state index contributed by atoms with van der Waals surface area (Å²) in [5.74, 6) is -1.45. The highest BCUT2D eigenvalue weighted by atomic mass is 16.6. The molecule has 0 saturated carbocycles. The number of carbonyl (C=O) groups excluding carboxylic acids is 1. The van der Waals surface area contributed by atoms with Gasteiger partial charge in [-0.25, -0.2) is 9.59 Å².